The van der Waals surface area contributed by atoms with E-state index in [2.05, 4.69) is 15.2 Å². The lowest BCUT2D eigenvalue weighted by Crippen LogP contribution is -2.45. The van der Waals surface area contributed by atoms with E-state index >= 15 is 0 Å². The molecule has 3 rings (SSSR count). The maximum atomic E-state index is 11.4. The van der Waals surface area contributed by atoms with Gasteiger partial charge in [-0.05, 0) is 43.4 Å². The van der Waals surface area contributed by atoms with Crippen molar-refractivity contribution in [2.45, 2.75) is 39.0 Å². The molecule has 3 aliphatic rings. The Kier molecular flexibility index (Phi) is 7.79. The molecule has 0 aromatic heterocycles. The van der Waals surface area contributed by atoms with Crippen molar-refractivity contribution in [2.24, 2.45) is 16.3 Å². The molecule has 1 N–H and O–H groups in total. The first-order chi connectivity index (χ1) is 11.6. The number of likely N-dealkylation sites (tertiary alicyclic amines) is 2. The van der Waals surface area contributed by atoms with Gasteiger partial charge in [0.15, 0.2) is 5.96 Å². The number of ether oxygens (including phenoxy) is 1. The van der Waals surface area contributed by atoms with E-state index < -0.39 is 0 Å². The molecule has 1 amide bonds. The quantitative estimate of drug-likeness (QED) is 0.386. The fourth-order valence-corrected chi connectivity index (χ4v) is 4.35. The van der Waals surface area contributed by atoms with E-state index in [1.165, 1.54) is 19.3 Å². The molecule has 3 aliphatic heterocycles. The Morgan fingerprint density at radius 3 is 2.44 bits per heavy atom. The smallest absolute Gasteiger partial charge is 0.219 e. The highest BCUT2D eigenvalue weighted by Gasteiger charge is 2.40. The van der Waals surface area contributed by atoms with Crippen LogP contribution in [0.4, 0.5) is 0 Å². The molecular formula is C18H33IN4O2. The van der Waals surface area contributed by atoms with Crippen molar-refractivity contribution in [3.05, 3.63) is 0 Å². The summed E-state index contributed by atoms with van der Waals surface area (Å²) in [4.78, 5) is 20.3. The van der Waals surface area contributed by atoms with Crippen molar-refractivity contribution in [1.29, 1.82) is 0 Å². The second-order valence-electron chi connectivity index (χ2n) is 7.66. The zero-order chi connectivity index (χ0) is 17.0. The molecular weight excluding hydrogens is 431 g/mol. The van der Waals surface area contributed by atoms with Gasteiger partial charge in [0, 0.05) is 59.9 Å². The maximum Gasteiger partial charge on any atom is 0.219 e. The lowest BCUT2D eigenvalue weighted by Gasteiger charge is -2.34. The molecule has 3 heterocycles. The van der Waals surface area contributed by atoms with Gasteiger partial charge >= 0.3 is 0 Å². The summed E-state index contributed by atoms with van der Waals surface area (Å²) in [6.07, 6.45) is 5.80. The standard InChI is InChI=1S/C18H32N4O2.HI/c1-15(23)21-8-3-16(4-9-21)13-20-17(19-2)22-10-5-18(14-22)6-11-24-12-7-18;/h16H,3-14H2,1-2H3,(H,19,20);1H. The molecule has 0 aromatic carbocycles. The van der Waals surface area contributed by atoms with E-state index in [0.29, 0.717) is 11.3 Å². The molecule has 1 spiro atoms. The topological polar surface area (TPSA) is 57.2 Å². The van der Waals surface area contributed by atoms with Crippen LogP contribution < -0.4 is 5.32 Å². The molecule has 0 aromatic rings. The highest BCUT2D eigenvalue weighted by Crippen LogP contribution is 2.39. The van der Waals surface area contributed by atoms with Gasteiger partial charge in [0.2, 0.25) is 5.91 Å². The lowest BCUT2D eigenvalue weighted by molar-refractivity contribution is -0.130. The molecule has 0 aliphatic carbocycles. The zero-order valence-electron chi connectivity index (χ0n) is 15.6. The molecule has 25 heavy (non-hydrogen) atoms. The van der Waals surface area contributed by atoms with Gasteiger partial charge < -0.3 is 19.9 Å². The van der Waals surface area contributed by atoms with Crippen molar-refractivity contribution in [2.75, 3.05) is 53.0 Å². The van der Waals surface area contributed by atoms with Gasteiger partial charge in [0.05, 0.1) is 0 Å². The third-order valence-electron chi connectivity index (χ3n) is 6.11. The first-order valence-corrected chi connectivity index (χ1v) is 9.41. The number of hydrogen-bond donors (Lipinski definition) is 1. The number of nitrogens with one attached hydrogen (secondary N) is 1. The van der Waals surface area contributed by atoms with Gasteiger partial charge in [-0.2, -0.15) is 0 Å². The number of aliphatic imine (C=N–C) groups is 1. The number of halogens is 1. The molecule has 3 saturated heterocycles. The molecule has 0 atom stereocenters. The van der Waals surface area contributed by atoms with Crippen LogP contribution in [0.1, 0.15) is 39.0 Å². The molecule has 144 valence electrons. The average Bonchev–Trinajstić information content (AvgIpc) is 3.00. The Hall–Kier alpha value is -0.570. The molecule has 0 saturated carbocycles. The van der Waals surface area contributed by atoms with Crippen LogP contribution in [0.3, 0.4) is 0 Å². The first-order valence-electron chi connectivity index (χ1n) is 9.41. The van der Waals surface area contributed by atoms with Crippen molar-refractivity contribution in [3.63, 3.8) is 0 Å². The van der Waals surface area contributed by atoms with Crippen LogP contribution in [0.25, 0.3) is 0 Å². The monoisotopic (exact) mass is 464 g/mol. The average molecular weight is 464 g/mol. The number of carbonyl (C=O) groups excluding carboxylic acids is 1. The van der Waals surface area contributed by atoms with Crippen molar-refractivity contribution >= 4 is 35.8 Å². The van der Waals surface area contributed by atoms with E-state index in [0.717, 1.165) is 64.7 Å². The van der Waals surface area contributed by atoms with Crippen LogP contribution in [0.15, 0.2) is 4.99 Å². The van der Waals surface area contributed by atoms with Crippen LogP contribution in [0.2, 0.25) is 0 Å². The van der Waals surface area contributed by atoms with Crippen LogP contribution in [-0.2, 0) is 9.53 Å². The van der Waals surface area contributed by atoms with Crippen LogP contribution >= 0.6 is 24.0 Å². The molecule has 6 nitrogen and oxygen atoms in total. The van der Waals surface area contributed by atoms with E-state index in [1.807, 2.05) is 11.9 Å². The third-order valence-corrected chi connectivity index (χ3v) is 6.11. The number of guanidine groups is 1. The van der Waals surface area contributed by atoms with E-state index in [1.54, 1.807) is 6.92 Å². The second-order valence-corrected chi connectivity index (χ2v) is 7.66. The van der Waals surface area contributed by atoms with Crippen LogP contribution in [0, 0.1) is 11.3 Å². The van der Waals surface area contributed by atoms with Gasteiger partial charge in [-0.3, -0.25) is 9.79 Å². The van der Waals surface area contributed by atoms with Crippen LogP contribution in [-0.4, -0.2) is 74.7 Å². The minimum Gasteiger partial charge on any atom is -0.381 e. The largest absolute Gasteiger partial charge is 0.381 e. The molecule has 3 fully saturated rings. The summed E-state index contributed by atoms with van der Waals surface area (Å²) < 4.78 is 5.54. The molecule has 0 bridgehead atoms. The van der Waals surface area contributed by atoms with Gasteiger partial charge in [-0.1, -0.05) is 0 Å². The van der Waals surface area contributed by atoms with Crippen molar-refractivity contribution in [1.82, 2.24) is 15.1 Å². The summed E-state index contributed by atoms with van der Waals surface area (Å²) in [6.45, 7) is 8.45. The zero-order valence-corrected chi connectivity index (χ0v) is 18.0. The van der Waals surface area contributed by atoms with Gasteiger partial charge in [-0.25, -0.2) is 0 Å². The highest BCUT2D eigenvalue weighted by molar-refractivity contribution is 14.0. The first kappa shape index (κ1) is 20.7. The summed E-state index contributed by atoms with van der Waals surface area (Å²) in [5.74, 6) is 1.89. The Labute approximate surface area is 168 Å². The van der Waals surface area contributed by atoms with Crippen molar-refractivity contribution < 1.29 is 9.53 Å². The van der Waals surface area contributed by atoms with E-state index in [9.17, 15) is 4.79 Å². The number of piperidine rings is 1. The highest BCUT2D eigenvalue weighted by atomic mass is 127. The molecule has 7 heteroatoms. The second kappa shape index (κ2) is 9.39. The summed E-state index contributed by atoms with van der Waals surface area (Å²) in [5.41, 5.74) is 0.447. The third kappa shape index (κ3) is 5.21. The Bertz CT molecular complexity index is 472. The number of carbonyl (C=O) groups is 1. The summed E-state index contributed by atoms with van der Waals surface area (Å²) in [6, 6.07) is 0. The fourth-order valence-electron chi connectivity index (χ4n) is 4.35. The Morgan fingerprint density at radius 1 is 1.16 bits per heavy atom. The molecule has 0 unspecified atom stereocenters. The molecule has 0 radical (unpaired) electrons. The van der Waals surface area contributed by atoms with Gasteiger partial charge in [-0.15, -0.1) is 24.0 Å². The van der Waals surface area contributed by atoms with Crippen molar-refractivity contribution in [3.8, 4) is 0 Å². The predicted octanol–water partition coefficient (Wildman–Crippen LogP) is 1.94. The number of hydrogen-bond acceptors (Lipinski definition) is 3. The van der Waals surface area contributed by atoms with E-state index in [-0.39, 0.29) is 29.9 Å². The fraction of sp³-hybridized carbons (Fsp3) is 0.889. The maximum absolute atomic E-state index is 11.4. The minimum atomic E-state index is 0. The summed E-state index contributed by atoms with van der Waals surface area (Å²) in [7, 11) is 1.88. The summed E-state index contributed by atoms with van der Waals surface area (Å²) in [5, 5.41) is 3.59. The normalized spacial score (nSPS) is 24.3. The Morgan fingerprint density at radius 2 is 1.84 bits per heavy atom. The van der Waals surface area contributed by atoms with Gasteiger partial charge in [0.1, 0.15) is 0 Å². The number of rotatable bonds is 2. The Balaban J connectivity index is 0.00000225. The minimum absolute atomic E-state index is 0. The number of amides is 1. The predicted molar refractivity (Wildman–Crippen MR) is 110 cm³/mol. The van der Waals surface area contributed by atoms with Crippen LogP contribution in [0.5, 0.6) is 0 Å². The lowest BCUT2D eigenvalue weighted by atomic mass is 9.80. The SMILES string of the molecule is CN=C(NCC1CCN(C(C)=O)CC1)N1CCC2(CCOCC2)C1.I. The van der Waals surface area contributed by atoms with Gasteiger partial charge in [0.25, 0.3) is 0 Å². The van der Waals surface area contributed by atoms with E-state index in [4.69, 9.17) is 4.74 Å². The number of nitrogens with zero attached hydrogens (tertiary/aromatic N) is 3. The summed E-state index contributed by atoms with van der Waals surface area (Å²) >= 11 is 0.